The van der Waals surface area contributed by atoms with Crippen molar-refractivity contribution in [3.05, 3.63) is 59.9 Å². The van der Waals surface area contributed by atoms with Crippen LogP contribution in [0.4, 0.5) is 0 Å². The van der Waals surface area contributed by atoms with Crippen LogP contribution in [-0.2, 0) is 22.7 Å². The lowest BCUT2D eigenvalue weighted by Crippen LogP contribution is -2.50. The second kappa shape index (κ2) is 13.4. The number of carbonyl (C=O) groups is 2. The largest absolute Gasteiger partial charge is 0.496 e. The number of piperazine rings is 1. The molecule has 0 bridgehead atoms. The highest BCUT2D eigenvalue weighted by atomic mass is 16.5. The van der Waals surface area contributed by atoms with Crippen LogP contribution in [0.2, 0.25) is 0 Å². The minimum atomic E-state index is -0.0515. The third kappa shape index (κ3) is 7.51. The quantitative estimate of drug-likeness (QED) is 0.667. The topological polar surface area (TPSA) is 78.0 Å². The summed E-state index contributed by atoms with van der Waals surface area (Å²) in [6.07, 6.45) is 6.63. The zero-order valence-electron chi connectivity index (χ0n) is 21.4. The van der Waals surface area contributed by atoms with E-state index in [-0.39, 0.29) is 17.7 Å². The van der Waals surface area contributed by atoms with Gasteiger partial charge < -0.3 is 15.0 Å². The normalized spacial score (nSPS) is 20.9. The molecule has 2 amide bonds. The Morgan fingerprint density at radius 3 is 2.58 bits per heavy atom. The summed E-state index contributed by atoms with van der Waals surface area (Å²) in [5, 5.41) is 3.03. The predicted octanol–water partition coefficient (Wildman–Crippen LogP) is 2.54. The van der Waals surface area contributed by atoms with E-state index in [1.807, 2.05) is 35.4 Å². The van der Waals surface area contributed by atoms with Crippen molar-refractivity contribution in [2.24, 2.45) is 5.92 Å². The van der Waals surface area contributed by atoms with E-state index in [0.29, 0.717) is 25.9 Å². The van der Waals surface area contributed by atoms with Gasteiger partial charge in [-0.15, -0.1) is 0 Å². The number of pyridine rings is 1. The highest BCUT2D eigenvalue weighted by Gasteiger charge is 2.28. The molecular weight excluding hydrogens is 454 g/mol. The van der Waals surface area contributed by atoms with Gasteiger partial charge >= 0.3 is 0 Å². The number of benzene rings is 1. The lowest BCUT2D eigenvalue weighted by atomic mass is 9.97. The third-order valence-corrected chi connectivity index (χ3v) is 7.25. The molecule has 8 nitrogen and oxygen atoms in total. The van der Waals surface area contributed by atoms with Crippen LogP contribution >= 0.6 is 0 Å². The summed E-state index contributed by atoms with van der Waals surface area (Å²) in [6.45, 7) is 6.94. The summed E-state index contributed by atoms with van der Waals surface area (Å²) in [5.41, 5.74) is 2.32. The molecule has 8 heteroatoms. The molecule has 2 saturated heterocycles. The lowest BCUT2D eigenvalue weighted by molar-refractivity contribution is -0.138. The number of rotatable bonds is 6. The maximum Gasteiger partial charge on any atom is 0.225 e. The van der Waals surface area contributed by atoms with Gasteiger partial charge in [-0.2, -0.15) is 0 Å². The van der Waals surface area contributed by atoms with Crippen molar-refractivity contribution >= 4 is 11.8 Å². The maximum absolute atomic E-state index is 13.5. The molecule has 36 heavy (non-hydrogen) atoms. The predicted molar refractivity (Wildman–Crippen MR) is 139 cm³/mol. The minimum Gasteiger partial charge on any atom is -0.496 e. The average molecular weight is 494 g/mol. The molecule has 2 aliphatic rings. The van der Waals surface area contributed by atoms with E-state index in [1.54, 1.807) is 13.3 Å². The van der Waals surface area contributed by atoms with E-state index in [1.165, 1.54) is 5.56 Å². The molecule has 194 valence electrons. The van der Waals surface area contributed by atoms with Crippen LogP contribution in [0.1, 0.15) is 36.8 Å². The van der Waals surface area contributed by atoms with E-state index >= 15 is 0 Å². The molecule has 0 aliphatic carbocycles. The molecule has 1 aromatic carbocycles. The van der Waals surface area contributed by atoms with Crippen molar-refractivity contribution in [2.45, 2.75) is 38.8 Å². The molecule has 1 aromatic heterocycles. The first-order chi connectivity index (χ1) is 17.6. The van der Waals surface area contributed by atoms with Crippen LogP contribution in [0, 0.1) is 5.92 Å². The van der Waals surface area contributed by atoms with Crippen LogP contribution in [0.5, 0.6) is 5.75 Å². The van der Waals surface area contributed by atoms with Crippen molar-refractivity contribution in [3.8, 4) is 5.75 Å². The van der Waals surface area contributed by atoms with Crippen LogP contribution in [0.15, 0.2) is 48.8 Å². The van der Waals surface area contributed by atoms with Gasteiger partial charge in [-0.1, -0.05) is 24.3 Å². The highest BCUT2D eigenvalue weighted by molar-refractivity contribution is 5.79. The average Bonchev–Trinajstić information content (AvgIpc) is 2.95. The van der Waals surface area contributed by atoms with E-state index < -0.39 is 0 Å². The van der Waals surface area contributed by atoms with Crippen molar-refractivity contribution < 1.29 is 14.3 Å². The van der Waals surface area contributed by atoms with Gasteiger partial charge in [0, 0.05) is 82.7 Å². The zero-order chi connectivity index (χ0) is 25.2. The second-order valence-corrected chi connectivity index (χ2v) is 9.78. The van der Waals surface area contributed by atoms with Crippen molar-refractivity contribution in [2.75, 3.05) is 52.9 Å². The number of carbonyl (C=O) groups excluding carboxylic acids is 2. The van der Waals surface area contributed by atoms with Crippen LogP contribution in [0.25, 0.3) is 0 Å². The Kier molecular flexibility index (Phi) is 9.69. The SMILES string of the molecule is COc1ccccc1CN1CCN(C(=O)C2CCCN(Cc3cccnc3)CCC(=O)NCC2)CC1. The number of nitrogens with one attached hydrogen (secondary N) is 1. The monoisotopic (exact) mass is 493 g/mol. The molecule has 1 atom stereocenters. The molecule has 2 aromatic rings. The van der Waals surface area contributed by atoms with Gasteiger partial charge in [0.1, 0.15) is 5.75 Å². The number of hydrogen-bond donors (Lipinski definition) is 1. The molecule has 1 unspecified atom stereocenters. The Hall–Kier alpha value is -2.97. The van der Waals surface area contributed by atoms with Crippen LogP contribution < -0.4 is 10.1 Å². The lowest BCUT2D eigenvalue weighted by Gasteiger charge is -2.36. The Labute approximate surface area is 214 Å². The minimum absolute atomic E-state index is 0.0515. The maximum atomic E-state index is 13.5. The van der Waals surface area contributed by atoms with Gasteiger partial charge in [0.05, 0.1) is 7.11 Å². The van der Waals surface area contributed by atoms with Gasteiger partial charge in [0.2, 0.25) is 11.8 Å². The number of hydrogen-bond acceptors (Lipinski definition) is 6. The van der Waals surface area contributed by atoms with Crippen LogP contribution in [0.3, 0.4) is 0 Å². The summed E-state index contributed by atoms with van der Waals surface area (Å²) < 4.78 is 5.50. The third-order valence-electron chi connectivity index (χ3n) is 7.25. The summed E-state index contributed by atoms with van der Waals surface area (Å²) in [5.74, 6) is 1.15. The summed E-state index contributed by atoms with van der Waals surface area (Å²) >= 11 is 0. The number of nitrogens with zero attached hydrogens (tertiary/aromatic N) is 4. The number of para-hydroxylation sites is 1. The molecule has 4 rings (SSSR count). The van der Waals surface area contributed by atoms with Gasteiger partial charge in [0.15, 0.2) is 0 Å². The van der Waals surface area contributed by atoms with Crippen molar-refractivity contribution in [1.29, 1.82) is 0 Å². The Bertz CT molecular complexity index is 978. The standard InChI is InChI=1S/C28H39N5O3/c1-36-26-9-3-2-7-25(26)22-32-16-18-33(19-17-32)28(35)24-8-5-14-31(15-11-27(34)30-13-10-24)21-23-6-4-12-29-20-23/h2-4,6-7,9,12,20,24H,5,8,10-11,13-19,21-22H2,1H3,(H,30,34). The molecule has 3 heterocycles. The van der Waals surface area contributed by atoms with E-state index in [0.717, 1.165) is 70.0 Å². The summed E-state index contributed by atoms with van der Waals surface area (Å²) in [6, 6.07) is 12.1. The van der Waals surface area contributed by atoms with Crippen molar-refractivity contribution in [1.82, 2.24) is 25.0 Å². The van der Waals surface area contributed by atoms with Gasteiger partial charge in [-0.3, -0.25) is 24.4 Å². The van der Waals surface area contributed by atoms with Gasteiger partial charge in [0.25, 0.3) is 0 Å². The number of aromatic nitrogens is 1. The first-order valence-corrected chi connectivity index (χ1v) is 13.1. The molecule has 2 fully saturated rings. The fourth-order valence-electron chi connectivity index (χ4n) is 5.17. The first kappa shape index (κ1) is 26.1. The molecular formula is C28H39N5O3. The van der Waals surface area contributed by atoms with Crippen molar-refractivity contribution in [3.63, 3.8) is 0 Å². The smallest absolute Gasteiger partial charge is 0.225 e. The van der Waals surface area contributed by atoms with Gasteiger partial charge in [-0.05, 0) is 43.5 Å². The van der Waals surface area contributed by atoms with Crippen LogP contribution in [-0.4, -0.2) is 84.4 Å². The molecule has 0 saturated carbocycles. The Morgan fingerprint density at radius 2 is 1.81 bits per heavy atom. The summed E-state index contributed by atoms with van der Waals surface area (Å²) in [7, 11) is 1.71. The fraction of sp³-hybridized carbons (Fsp3) is 0.536. The number of ether oxygens (including phenoxy) is 1. The molecule has 0 spiro atoms. The fourth-order valence-corrected chi connectivity index (χ4v) is 5.17. The first-order valence-electron chi connectivity index (χ1n) is 13.1. The molecule has 0 radical (unpaired) electrons. The second-order valence-electron chi connectivity index (χ2n) is 9.78. The zero-order valence-corrected chi connectivity index (χ0v) is 21.4. The number of amides is 2. The number of methoxy groups -OCH3 is 1. The van der Waals surface area contributed by atoms with E-state index in [2.05, 4.69) is 32.2 Å². The Morgan fingerprint density at radius 1 is 1.00 bits per heavy atom. The van der Waals surface area contributed by atoms with E-state index in [9.17, 15) is 9.59 Å². The molecule has 1 N–H and O–H groups in total. The Balaban J connectivity index is 1.30. The van der Waals surface area contributed by atoms with E-state index in [4.69, 9.17) is 4.74 Å². The molecule has 2 aliphatic heterocycles. The highest BCUT2D eigenvalue weighted by Crippen LogP contribution is 2.22. The van der Waals surface area contributed by atoms with Gasteiger partial charge in [-0.25, -0.2) is 0 Å². The summed E-state index contributed by atoms with van der Waals surface area (Å²) in [4.78, 5) is 36.8.